The molecule has 0 aliphatic rings. The Labute approximate surface area is 109 Å². The molecule has 0 saturated heterocycles. The van der Waals surface area contributed by atoms with E-state index in [-0.39, 0.29) is 16.4 Å². The third-order valence-corrected chi connectivity index (χ3v) is 5.56. The van der Waals surface area contributed by atoms with Gasteiger partial charge in [-0.15, -0.1) is 0 Å². The summed E-state index contributed by atoms with van der Waals surface area (Å²) in [5.74, 6) is -0.383. The molecule has 0 bridgehead atoms. The highest BCUT2D eigenvalue weighted by atomic mass is 32.2. The molecule has 0 aromatic heterocycles. The fraction of sp³-hybridized carbons (Fsp3) is 0.500. The van der Waals surface area contributed by atoms with Crippen LogP contribution in [0.15, 0.2) is 29.2 Å². The van der Waals surface area contributed by atoms with Crippen LogP contribution in [-0.2, 0) is 19.7 Å². The molecule has 0 aliphatic heterocycles. The van der Waals surface area contributed by atoms with E-state index in [4.69, 9.17) is 0 Å². The average Bonchev–Trinajstić information content (AvgIpc) is 2.26. The van der Waals surface area contributed by atoms with Gasteiger partial charge >= 0.3 is 0 Å². The summed E-state index contributed by atoms with van der Waals surface area (Å²) < 4.78 is 45.8. The summed E-state index contributed by atoms with van der Waals surface area (Å²) in [5, 5.41) is 0. The Morgan fingerprint density at radius 2 is 1.44 bits per heavy atom. The molecule has 1 rings (SSSR count). The summed E-state index contributed by atoms with van der Waals surface area (Å²) in [5.41, 5.74) is 1.05. The van der Waals surface area contributed by atoms with E-state index < -0.39 is 19.7 Å². The quantitative estimate of drug-likeness (QED) is 0.826. The first kappa shape index (κ1) is 15.2. The molecule has 4 nitrogen and oxygen atoms in total. The van der Waals surface area contributed by atoms with Gasteiger partial charge in [-0.3, -0.25) is 0 Å². The van der Waals surface area contributed by atoms with Gasteiger partial charge in [-0.05, 0) is 23.6 Å². The Balaban J connectivity index is 2.92. The van der Waals surface area contributed by atoms with Crippen LogP contribution in [0.1, 0.15) is 25.3 Å². The number of sulfone groups is 2. The second-order valence-electron chi connectivity index (χ2n) is 4.67. The van der Waals surface area contributed by atoms with E-state index in [1.807, 2.05) is 13.8 Å². The molecule has 102 valence electrons. The Hall–Kier alpha value is -0.880. The van der Waals surface area contributed by atoms with Crippen LogP contribution in [0.5, 0.6) is 0 Å². The van der Waals surface area contributed by atoms with Crippen LogP contribution >= 0.6 is 0 Å². The fourth-order valence-electron chi connectivity index (χ4n) is 1.44. The Morgan fingerprint density at radius 1 is 0.944 bits per heavy atom. The molecule has 0 atom stereocenters. The van der Waals surface area contributed by atoms with E-state index in [1.54, 1.807) is 12.1 Å². The van der Waals surface area contributed by atoms with Crippen molar-refractivity contribution in [2.45, 2.75) is 24.7 Å². The Kier molecular flexibility index (Phi) is 4.55. The minimum Gasteiger partial charge on any atom is -0.229 e. The first-order valence-electron chi connectivity index (χ1n) is 5.62. The molecule has 1 aromatic carbocycles. The molecule has 0 amide bonds. The van der Waals surface area contributed by atoms with Gasteiger partial charge in [-0.1, -0.05) is 26.0 Å². The van der Waals surface area contributed by atoms with E-state index in [1.165, 1.54) is 12.1 Å². The van der Waals surface area contributed by atoms with Crippen LogP contribution in [0.4, 0.5) is 0 Å². The number of rotatable bonds is 5. The van der Waals surface area contributed by atoms with Crippen molar-refractivity contribution in [1.29, 1.82) is 0 Å². The van der Waals surface area contributed by atoms with E-state index in [0.717, 1.165) is 11.8 Å². The van der Waals surface area contributed by atoms with E-state index in [2.05, 4.69) is 0 Å². The van der Waals surface area contributed by atoms with Crippen molar-refractivity contribution < 1.29 is 16.8 Å². The highest BCUT2D eigenvalue weighted by Crippen LogP contribution is 2.18. The van der Waals surface area contributed by atoms with Gasteiger partial charge in [0.15, 0.2) is 9.84 Å². The molecule has 0 fully saturated rings. The van der Waals surface area contributed by atoms with Crippen LogP contribution in [0.25, 0.3) is 0 Å². The molecule has 1 aromatic rings. The van der Waals surface area contributed by atoms with Gasteiger partial charge in [-0.25, -0.2) is 16.8 Å². The summed E-state index contributed by atoms with van der Waals surface area (Å²) in [4.78, 5) is 0.176. The lowest BCUT2D eigenvalue weighted by atomic mass is 10.0. The summed E-state index contributed by atoms with van der Waals surface area (Å²) in [6, 6.07) is 6.59. The Morgan fingerprint density at radius 3 is 1.83 bits per heavy atom. The smallest absolute Gasteiger partial charge is 0.179 e. The lowest BCUT2D eigenvalue weighted by Crippen LogP contribution is -2.16. The van der Waals surface area contributed by atoms with Gasteiger partial charge in [0.2, 0.25) is 0 Å². The van der Waals surface area contributed by atoms with E-state index in [9.17, 15) is 16.8 Å². The van der Waals surface area contributed by atoms with Crippen molar-refractivity contribution in [1.82, 2.24) is 0 Å². The van der Waals surface area contributed by atoms with Crippen LogP contribution in [0.3, 0.4) is 0 Å². The normalized spacial score (nSPS) is 12.9. The van der Waals surface area contributed by atoms with E-state index in [0.29, 0.717) is 5.92 Å². The van der Waals surface area contributed by atoms with Crippen molar-refractivity contribution in [2.75, 3.05) is 17.8 Å². The van der Waals surface area contributed by atoms with Crippen molar-refractivity contribution >= 4 is 19.7 Å². The first-order chi connectivity index (χ1) is 8.12. The fourth-order valence-corrected chi connectivity index (χ4v) is 4.31. The lowest BCUT2D eigenvalue weighted by Gasteiger charge is -2.07. The van der Waals surface area contributed by atoms with Crippen LogP contribution < -0.4 is 0 Å². The van der Waals surface area contributed by atoms with Gasteiger partial charge in [0.1, 0.15) is 9.84 Å². The van der Waals surface area contributed by atoms with Crippen molar-refractivity contribution in [3.05, 3.63) is 29.8 Å². The molecule has 18 heavy (non-hydrogen) atoms. The zero-order valence-electron chi connectivity index (χ0n) is 10.8. The van der Waals surface area contributed by atoms with Gasteiger partial charge in [0.25, 0.3) is 0 Å². The zero-order valence-corrected chi connectivity index (χ0v) is 12.4. The van der Waals surface area contributed by atoms with E-state index >= 15 is 0 Å². The minimum absolute atomic E-state index is 0.176. The number of hydrogen-bond acceptors (Lipinski definition) is 4. The molecule has 6 heteroatoms. The van der Waals surface area contributed by atoms with Crippen molar-refractivity contribution in [2.24, 2.45) is 0 Å². The summed E-state index contributed by atoms with van der Waals surface area (Å²) in [6.45, 7) is 4.04. The number of hydrogen-bond donors (Lipinski definition) is 0. The Bertz CT molecular complexity index is 596. The standard InChI is InChI=1S/C12H18O4S2/c1-10(2)11-4-6-12(7-5-11)18(15,16)9-8-17(3,13)14/h4-7,10H,8-9H2,1-3H3. The molecule has 0 N–H and O–H groups in total. The number of benzene rings is 1. The van der Waals surface area contributed by atoms with Crippen LogP contribution in [0.2, 0.25) is 0 Å². The van der Waals surface area contributed by atoms with Crippen LogP contribution in [0, 0.1) is 0 Å². The molecule has 0 heterocycles. The molecule has 0 spiro atoms. The second-order valence-corrected chi connectivity index (χ2v) is 9.04. The molecule has 0 aliphatic carbocycles. The maximum atomic E-state index is 11.9. The minimum atomic E-state index is -3.52. The van der Waals surface area contributed by atoms with Crippen molar-refractivity contribution in [3.8, 4) is 0 Å². The average molecular weight is 290 g/mol. The van der Waals surface area contributed by atoms with Crippen LogP contribution in [-0.4, -0.2) is 34.6 Å². The molecular weight excluding hydrogens is 272 g/mol. The maximum absolute atomic E-state index is 11.9. The van der Waals surface area contributed by atoms with Gasteiger partial charge < -0.3 is 0 Å². The predicted molar refractivity (Wildman–Crippen MR) is 72.3 cm³/mol. The first-order valence-corrected chi connectivity index (χ1v) is 9.33. The topological polar surface area (TPSA) is 68.3 Å². The van der Waals surface area contributed by atoms with Crippen molar-refractivity contribution in [3.63, 3.8) is 0 Å². The summed E-state index contributed by atoms with van der Waals surface area (Å²) in [6.07, 6.45) is 1.03. The SMILES string of the molecule is CC(C)c1ccc(S(=O)(=O)CCS(C)(=O)=O)cc1. The second kappa shape index (κ2) is 5.40. The monoisotopic (exact) mass is 290 g/mol. The molecular formula is C12H18O4S2. The largest absolute Gasteiger partial charge is 0.229 e. The highest BCUT2D eigenvalue weighted by Gasteiger charge is 2.17. The molecule has 0 saturated carbocycles. The third kappa shape index (κ3) is 4.42. The molecule has 0 radical (unpaired) electrons. The third-order valence-electron chi connectivity index (χ3n) is 2.63. The summed E-state index contributed by atoms with van der Waals surface area (Å²) in [7, 11) is -6.78. The highest BCUT2D eigenvalue weighted by molar-refractivity contribution is 7.94. The zero-order chi connectivity index (χ0) is 14.0. The van der Waals surface area contributed by atoms with Gasteiger partial charge in [0, 0.05) is 6.26 Å². The molecule has 0 unspecified atom stereocenters. The predicted octanol–water partition coefficient (Wildman–Crippen LogP) is 1.63. The lowest BCUT2D eigenvalue weighted by molar-refractivity contribution is 0.590. The van der Waals surface area contributed by atoms with Gasteiger partial charge in [-0.2, -0.15) is 0 Å². The summed E-state index contributed by atoms with van der Waals surface area (Å²) >= 11 is 0. The van der Waals surface area contributed by atoms with Gasteiger partial charge in [0.05, 0.1) is 16.4 Å². The maximum Gasteiger partial charge on any atom is 0.179 e.